The molecule has 0 fully saturated rings. The van der Waals surface area contributed by atoms with E-state index in [-0.39, 0.29) is 36.9 Å². The van der Waals surface area contributed by atoms with E-state index in [1.807, 2.05) is 0 Å². The lowest BCUT2D eigenvalue weighted by molar-refractivity contribution is -0.141. The molecule has 1 aromatic carbocycles. The lowest BCUT2D eigenvalue weighted by atomic mass is 10.1. The van der Waals surface area contributed by atoms with E-state index in [0.29, 0.717) is 23.1 Å². The van der Waals surface area contributed by atoms with Gasteiger partial charge in [0.05, 0.1) is 16.5 Å². The van der Waals surface area contributed by atoms with Gasteiger partial charge in [-0.15, -0.1) is 0 Å². The number of fused-ring (bicyclic) bond motifs is 1. The van der Waals surface area contributed by atoms with Crippen molar-refractivity contribution < 1.29 is 22.8 Å². The number of carbonyl (C=O) groups excluding carboxylic acids is 2. The molecule has 2 N–H and O–H groups in total. The molecule has 0 saturated carbocycles. The van der Waals surface area contributed by atoms with Crippen LogP contribution in [0.3, 0.4) is 0 Å². The first kappa shape index (κ1) is 26.6. The van der Waals surface area contributed by atoms with Crippen LogP contribution in [0.4, 0.5) is 18.9 Å². The molecule has 0 aliphatic rings. The van der Waals surface area contributed by atoms with Gasteiger partial charge < -0.3 is 10.6 Å². The molecule has 3 rings (SSSR count). The monoisotopic (exact) mass is 505 g/mol. The molecule has 2 heterocycles. The van der Waals surface area contributed by atoms with Crippen molar-refractivity contribution in [2.45, 2.75) is 46.5 Å². The molecule has 0 radical (unpaired) electrons. The van der Waals surface area contributed by atoms with Gasteiger partial charge in [0.1, 0.15) is 5.69 Å². The van der Waals surface area contributed by atoms with Gasteiger partial charge in [0.25, 0.3) is 11.5 Å². The Kier molecular flexibility index (Phi) is 7.96. The highest BCUT2D eigenvalue weighted by Gasteiger charge is 2.32. The molecule has 36 heavy (non-hydrogen) atoms. The average Bonchev–Trinajstić information content (AvgIpc) is 2.83. The number of anilines is 1. The zero-order chi connectivity index (χ0) is 26.6. The molecule has 0 aliphatic heterocycles. The maximum atomic E-state index is 12.7. The van der Waals surface area contributed by atoms with Gasteiger partial charge >= 0.3 is 11.9 Å². The van der Waals surface area contributed by atoms with Crippen molar-refractivity contribution in [3.8, 4) is 0 Å². The molecule has 2 amide bonds. The third-order valence-electron chi connectivity index (χ3n) is 5.60. The third-order valence-corrected chi connectivity index (χ3v) is 5.60. The summed E-state index contributed by atoms with van der Waals surface area (Å²) in [6, 6.07) is 6.50. The molecule has 9 nitrogen and oxygen atoms in total. The van der Waals surface area contributed by atoms with Crippen LogP contribution in [0.2, 0.25) is 0 Å². The number of rotatable bonds is 8. The van der Waals surface area contributed by atoms with Crippen LogP contribution in [-0.4, -0.2) is 32.5 Å². The number of hydrogen-bond donors (Lipinski definition) is 2. The minimum Gasteiger partial charge on any atom is -0.352 e. The number of carbonyl (C=O) groups is 2. The van der Waals surface area contributed by atoms with Crippen molar-refractivity contribution in [2.75, 3.05) is 11.9 Å². The van der Waals surface area contributed by atoms with Crippen molar-refractivity contribution in [3.05, 3.63) is 68.6 Å². The minimum absolute atomic E-state index is 0.0286. The van der Waals surface area contributed by atoms with Crippen molar-refractivity contribution in [2.24, 2.45) is 5.92 Å². The Balaban J connectivity index is 1.63. The second-order valence-electron chi connectivity index (χ2n) is 8.31. The van der Waals surface area contributed by atoms with Crippen molar-refractivity contribution in [1.29, 1.82) is 0 Å². The van der Waals surface area contributed by atoms with E-state index in [4.69, 9.17) is 0 Å². The van der Waals surface area contributed by atoms with Crippen LogP contribution in [0.5, 0.6) is 0 Å². The number of aryl methyl sites for hydroxylation is 1. The maximum Gasteiger partial charge on any atom is 0.433 e. The number of hydrogen-bond acceptors (Lipinski definition) is 5. The van der Waals surface area contributed by atoms with Crippen LogP contribution in [0.1, 0.15) is 43.2 Å². The third kappa shape index (κ3) is 5.81. The van der Waals surface area contributed by atoms with Gasteiger partial charge in [0.15, 0.2) is 0 Å². The second-order valence-corrected chi connectivity index (χ2v) is 8.31. The largest absolute Gasteiger partial charge is 0.433 e. The van der Waals surface area contributed by atoms with E-state index in [2.05, 4.69) is 15.6 Å². The molecule has 0 aliphatic carbocycles. The van der Waals surface area contributed by atoms with Gasteiger partial charge in [-0.1, -0.05) is 6.92 Å². The summed E-state index contributed by atoms with van der Waals surface area (Å²) in [5, 5.41) is 5.60. The Hall–Kier alpha value is -3.96. The summed E-state index contributed by atoms with van der Waals surface area (Å²) in [7, 11) is 0. The zero-order valence-corrected chi connectivity index (χ0v) is 20.0. The Labute approximate surface area is 204 Å². The molecular formula is C24H26F3N5O4. The van der Waals surface area contributed by atoms with E-state index >= 15 is 0 Å². The Bertz CT molecular complexity index is 1390. The minimum atomic E-state index is -4.59. The first-order valence-corrected chi connectivity index (χ1v) is 11.3. The number of benzene rings is 1. The van der Waals surface area contributed by atoms with Crippen molar-refractivity contribution in [3.63, 3.8) is 0 Å². The van der Waals surface area contributed by atoms with Crippen LogP contribution in [0.25, 0.3) is 10.9 Å². The van der Waals surface area contributed by atoms with Crippen LogP contribution >= 0.6 is 0 Å². The number of nitrogens with one attached hydrogen (secondary N) is 2. The molecule has 1 unspecified atom stereocenters. The molecule has 3 aromatic rings. The number of halogens is 3. The highest BCUT2D eigenvalue weighted by molar-refractivity contribution is 5.95. The predicted octanol–water partition coefficient (Wildman–Crippen LogP) is 3.01. The molecule has 2 aromatic heterocycles. The SMILES string of the molecule is CCn1c(=O)c2cc(NC(=O)CC(C)CNC(=O)c3ccc(C(F)(F)F)nc3)ccc2n(CC)c1=O. The molecule has 1 atom stereocenters. The summed E-state index contributed by atoms with van der Waals surface area (Å²) in [6.45, 7) is 5.94. The Morgan fingerprint density at radius 2 is 1.75 bits per heavy atom. The Morgan fingerprint density at radius 3 is 2.33 bits per heavy atom. The van der Waals surface area contributed by atoms with E-state index in [1.165, 1.54) is 10.6 Å². The van der Waals surface area contributed by atoms with Crippen LogP contribution in [0.15, 0.2) is 46.1 Å². The first-order valence-electron chi connectivity index (χ1n) is 11.3. The Morgan fingerprint density at radius 1 is 1.06 bits per heavy atom. The molecular weight excluding hydrogens is 479 g/mol. The summed E-state index contributed by atoms with van der Waals surface area (Å²) in [6.07, 6.45) is -3.71. The number of alkyl halides is 3. The van der Waals surface area contributed by atoms with E-state index in [9.17, 15) is 32.3 Å². The fourth-order valence-corrected chi connectivity index (χ4v) is 3.75. The average molecular weight is 505 g/mol. The molecule has 192 valence electrons. The molecule has 12 heteroatoms. The van der Waals surface area contributed by atoms with Crippen LogP contribution < -0.4 is 21.9 Å². The lowest BCUT2D eigenvalue weighted by Gasteiger charge is -2.15. The standard InChI is InChI=1S/C24H26F3N5O4/c1-4-31-18-8-7-16(11-17(18)22(35)32(5-2)23(31)36)30-20(33)10-14(3)12-29-21(34)15-6-9-19(28-13-15)24(25,26)27/h6-9,11,13-14H,4-5,10,12H2,1-3H3,(H,29,34)(H,30,33). The number of pyridine rings is 1. The van der Waals surface area contributed by atoms with Gasteiger partial charge in [0, 0.05) is 37.9 Å². The quantitative estimate of drug-likeness (QED) is 0.489. The van der Waals surface area contributed by atoms with E-state index < -0.39 is 29.0 Å². The lowest BCUT2D eigenvalue weighted by Crippen LogP contribution is -2.39. The first-order chi connectivity index (χ1) is 17.0. The van der Waals surface area contributed by atoms with Crippen LogP contribution in [-0.2, 0) is 24.1 Å². The summed E-state index contributed by atoms with van der Waals surface area (Å²) in [5.74, 6) is -1.25. The molecule has 0 spiro atoms. The van der Waals surface area contributed by atoms with Gasteiger partial charge in [0.2, 0.25) is 5.91 Å². The highest BCUT2D eigenvalue weighted by Crippen LogP contribution is 2.27. The summed E-state index contributed by atoms with van der Waals surface area (Å²) in [4.78, 5) is 53.2. The zero-order valence-electron chi connectivity index (χ0n) is 20.0. The van der Waals surface area contributed by atoms with Gasteiger partial charge in [-0.05, 0) is 50.1 Å². The summed E-state index contributed by atoms with van der Waals surface area (Å²) in [5.41, 5.74) is -1.09. The fraction of sp³-hybridized carbons (Fsp3) is 0.375. The highest BCUT2D eigenvalue weighted by atomic mass is 19.4. The number of nitrogens with zero attached hydrogens (tertiary/aromatic N) is 3. The van der Waals surface area contributed by atoms with Gasteiger partial charge in [-0.25, -0.2) is 4.79 Å². The predicted molar refractivity (Wildman–Crippen MR) is 128 cm³/mol. The maximum absolute atomic E-state index is 12.7. The number of amides is 2. The fourth-order valence-electron chi connectivity index (χ4n) is 3.75. The molecule has 0 bridgehead atoms. The van der Waals surface area contributed by atoms with E-state index in [1.54, 1.807) is 32.9 Å². The summed E-state index contributed by atoms with van der Waals surface area (Å²) >= 11 is 0. The van der Waals surface area contributed by atoms with Crippen molar-refractivity contribution in [1.82, 2.24) is 19.4 Å². The molecule has 0 saturated heterocycles. The van der Waals surface area contributed by atoms with Crippen molar-refractivity contribution >= 4 is 28.4 Å². The second kappa shape index (κ2) is 10.8. The normalized spacial score (nSPS) is 12.4. The number of aromatic nitrogens is 3. The smallest absolute Gasteiger partial charge is 0.352 e. The summed E-state index contributed by atoms with van der Waals surface area (Å²) < 4.78 is 40.4. The topological polar surface area (TPSA) is 115 Å². The van der Waals surface area contributed by atoms with Crippen LogP contribution in [0, 0.1) is 5.92 Å². The van der Waals surface area contributed by atoms with E-state index in [0.717, 1.165) is 22.9 Å². The van der Waals surface area contributed by atoms with Gasteiger partial charge in [-0.2, -0.15) is 13.2 Å². The van der Waals surface area contributed by atoms with Gasteiger partial charge in [-0.3, -0.25) is 28.5 Å².